The average molecular weight is 630 g/mol. The van der Waals surface area contributed by atoms with Crippen molar-refractivity contribution in [2.24, 2.45) is 5.14 Å². The SMILES string of the molecule is Cc1nc2ccccc2n1C1C[C@H]2CC[C@@H](C1)N2CCC1(c2ccccc2)CCN(C(=O)c2ccc(S(N)(=O)=O)cc2F)CC1. The number of imidazole rings is 1. The van der Waals surface area contributed by atoms with Crippen molar-refractivity contribution in [2.75, 3.05) is 19.6 Å². The molecule has 10 heteroatoms. The highest BCUT2D eigenvalue weighted by atomic mass is 32.2. The standard InChI is InChI=1S/C35H40FN5O3S/c1-24-38-32-9-5-6-10-33(32)41(24)28-21-26-11-12-27(22-28)40(26)20-17-35(25-7-3-2-4-8-25)15-18-39(19-16-35)34(42)30-14-13-29(23-31(30)36)45(37,43)44/h2-10,13-14,23,26-28H,11-12,15-22H2,1H3,(H2,37,43,44)/t26-,27+,28?. The van der Waals surface area contributed by atoms with Crippen LogP contribution >= 0.6 is 0 Å². The number of hydrogen-bond acceptors (Lipinski definition) is 5. The third-order valence-corrected chi connectivity index (χ3v) is 11.6. The first-order chi connectivity index (χ1) is 21.6. The monoisotopic (exact) mass is 629 g/mol. The van der Waals surface area contributed by atoms with Gasteiger partial charge < -0.3 is 9.47 Å². The van der Waals surface area contributed by atoms with Gasteiger partial charge in [-0.05, 0) is 99.7 Å². The zero-order valence-electron chi connectivity index (χ0n) is 25.6. The Hall–Kier alpha value is -3.60. The fraction of sp³-hybridized carbons (Fsp3) is 0.429. The maximum atomic E-state index is 14.8. The van der Waals surface area contributed by atoms with Crippen LogP contribution in [0.15, 0.2) is 77.7 Å². The minimum absolute atomic E-state index is 0.0818. The average Bonchev–Trinajstić information content (AvgIpc) is 3.50. The predicted molar refractivity (Wildman–Crippen MR) is 172 cm³/mol. The van der Waals surface area contributed by atoms with E-state index in [0.717, 1.165) is 56.1 Å². The topological polar surface area (TPSA) is 102 Å². The van der Waals surface area contributed by atoms with Crippen molar-refractivity contribution in [1.29, 1.82) is 0 Å². The molecular formula is C35H40FN5O3S. The predicted octanol–water partition coefficient (Wildman–Crippen LogP) is 5.56. The number of benzene rings is 3. The van der Waals surface area contributed by atoms with Crippen molar-refractivity contribution in [3.8, 4) is 0 Å². The summed E-state index contributed by atoms with van der Waals surface area (Å²) in [4.78, 5) is 22.3. The summed E-state index contributed by atoms with van der Waals surface area (Å²) in [6.45, 7) is 4.15. The van der Waals surface area contributed by atoms with E-state index in [4.69, 9.17) is 10.1 Å². The van der Waals surface area contributed by atoms with Gasteiger partial charge in [0.2, 0.25) is 10.0 Å². The number of carbonyl (C=O) groups excluding carboxylic acids is 1. The Morgan fingerprint density at radius 1 is 0.956 bits per heavy atom. The molecule has 4 heterocycles. The smallest absolute Gasteiger partial charge is 0.256 e. The molecule has 0 spiro atoms. The number of primary sulfonamides is 1. The largest absolute Gasteiger partial charge is 0.338 e. The Bertz CT molecular complexity index is 1820. The number of rotatable bonds is 7. The van der Waals surface area contributed by atoms with Gasteiger partial charge in [0.15, 0.2) is 0 Å². The highest BCUT2D eigenvalue weighted by molar-refractivity contribution is 7.89. The zero-order valence-corrected chi connectivity index (χ0v) is 26.4. The maximum Gasteiger partial charge on any atom is 0.256 e. The summed E-state index contributed by atoms with van der Waals surface area (Å²) in [6.07, 6.45) is 7.28. The Morgan fingerprint density at radius 2 is 1.62 bits per heavy atom. The molecule has 0 radical (unpaired) electrons. The van der Waals surface area contributed by atoms with Crippen molar-refractivity contribution in [3.63, 3.8) is 0 Å². The molecule has 7 rings (SSSR count). The molecular weight excluding hydrogens is 589 g/mol. The number of para-hydroxylation sites is 2. The number of carbonyl (C=O) groups is 1. The van der Waals surface area contributed by atoms with Crippen LogP contribution in [0.2, 0.25) is 0 Å². The lowest BCUT2D eigenvalue weighted by atomic mass is 9.70. The Kier molecular flexibility index (Phi) is 7.78. The van der Waals surface area contributed by atoms with E-state index >= 15 is 0 Å². The minimum Gasteiger partial charge on any atom is -0.338 e. The number of sulfonamides is 1. The number of amides is 1. The van der Waals surface area contributed by atoms with Crippen LogP contribution in [-0.2, 0) is 15.4 Å². The van der Waals surface area contributed by atoms with Crippen molar-refractivity contribution < 1.29 is 17.6 Å². The lowest BCUT2D eigenvalue weighted by molar-refractivity contribution is 0.0603. The highest BCUT2D eigenvalue weighted by Crippen LogP contribution is 2.45. The molecule has 2 N–H and O–H groups in total. The highest BCUT2D eigenvalue weighted by Gasteiger charge is 2.44. The van der Waals surface area contributed by atoms with Gasteiger partial charge in [-0.2, -0.15) is 0 Å². The molecule has 3 aromatic carbocycles. The summed E-state index contributed by atoms with van der Waals surface area (Å²) in [5, 5.41) is 5.14. The number of fused-ring (bicyclic) bond motifs is 3. The number of nitrogens with zero attached hydrogens (tertiary/aromatic N) is 4. The third-order valence-electron chi connectivity index (χ3n) is 10.7. The summed E-state index contributed by atoms with van der Waals surface area (Å²) in [5.74, 6) is -0.194. The summed E-state index contributed by atoms with van der Waals surface area (Å²) >= 11 is 0. The van der Waals surface area contributed by atoms with Gasteiger partial charge in [0.1, 0.15) is 11.6 Å². The zero-order chi connectivity index (χ0) is 31.3. The van der Waals surface area contributed by atoms with Gasteiger partial charge >= 0.3 is 0 Å². The van der Waals surface area contributed by atoms with E-state index < -0.39 is 21.7 Å². The van der Waals surface area contributed by atoms with Gasteiger partial charge in [0, 0.05) is 31.2 Å². The number of halogens is 1. The van der Waals surface area contributed by atoms with Crippen molar-refractivity contribution in [1.82, 2.24) is 19.4 Å². The third kappa shape index (κ3) is 5.57. The fourth-order valence-corrected chi connectivity index (χ4v) is 8.94. The molecule has 3 aliphatic heterocycles. The van der Waals surface area contributed by atoms with Crippen molar-refractivity contribution in [2.45, 2.75) is 80.3 Å². The quantitative estimate of drug-likeness (QED) is 0.288. The van der Waals surface area contributed by atoms with Gasteiger partial charge in [-0.1, -0.05) is 42.5 Å². The van der Waals surface area contributed by atoms with E-state index in [1.165, 1.54) is 36.1 Å². The summed E-state index contributed by atoms with van der Waals surface area (Å²) in [6, 6.07) is 23.9. The molecule has 0 aliphatic carbocycles. The molecule has 45 heavy (non-hydrogen) atoms. The van der Waals surface area contributed by atoms with Gasteiger partial charge in [-0.3, -0.25) is 9.69 Å². The lowest BCUT2D eigenvalue weighted by Crippen LogP contribution is -2.49. The van der Waals surface area contributed by atoms with Crippen LogP contribution in [0.1, 0.15) is 72.7 Å². The molecule has 3 aliphatic rings. The van der Waals surface area contributed by atoms with Crippen LogP contribution < -0.4 is 5.14 Å². The molecule has 3 atom stereocenters. The molecule has 8 nitrogen and oxygen atoms in total. The molecule has 2 bridgehead atoms. The van der Waals surface area contributed by atoms with Crippen LogP contribution in [0.5, 0.6) is 0 Å². The van der Waals surface area contributed by atoms with Gasteiger partial charge in [0.05, 0.1) is 21.5 Å². The number of hydrogen-bond donors (Lipinski definition) is 1. The number of aryl methyl sites for hydroxylation is 1. The second kappa shape index (κ2) is 11.6. The van der Waals surface area contributed by atoms with Crippen LogP contribution in [0.4, 0.5) is 4.39 Å². The van der Waals surface area contributed by atoms with E-state index in [9.17, 15) is 17.6 Å². The first kappa shape index (κ1) is 30.1. The van der Waals surface area contributed by atoms with E-state index in [-0.39, 0.29) is 15.9 Å². The van der Waals surface area contributed by atoms with E-state index in [1.807, 2.05) is 6.07 Å². The van der Waals surface area contributed by atoms with Crippen LogP contribution in [0.25, 0.3) is 11.0 Å². The fourth-order valence-electron chi connectivity index (χ4n) is 8.42. The molecule has 1 unspecified atom stereocenters. The first-order valence-corrected chi connectivity index (χ1v) is 17.5. The maximum absolute atomic E-state index is 14.8. The molecule has 236 valence electrons. The second-order valence-corrected chi connectivity index (χ2v) is 14.7. The Labute approximate surface area is 264 Å². The van der Waals surface area contributed by atoms with Crippen molar-refractivity contribution >= 4 is 27.0 Å². The molecule has 0 saturated carbocycles. The van der Waals surface area contributed by atoms with Crippen LogP contribution in [0, 0.1) is 12.7 Å². The first-order valence-electron chi connectivity index (χ1n) is 16.0. The number of aromatic nitrogens is 2. The normalized spacial score (nSPS) is 23.4. The minimum atomic E-state index is -4.06. The van der Waals surface area contributed by atoms with Crippen LogP contribution in [0.3, 0.4) is 0 Å². The lowest BCUT2D eigenvalue weighted by Gasteiger charge is -2.45. The van der Waals surface area contributed by atoms with E-state index in [0.29, 0.717) is 31.2 Å². The molecule has 1 amide bonds. The summed E-state index contributed by atoms with van der Waals surface area (Å²) in [5.41, 5.74) is 3.39. The number of piperidine rings is 2. The summed E-state index contributed by atoms with van der Waals surface area (Å²) in [7, 11) is -4.06. The van der Waals surface area contributed by atoms with E-state index in [2.05, 4.69) is 64.9 Å². The molecule has 4 aromatic rings. The summed E-state index contributed by atoms with van der Waals surface area (Å²) < 4.78 is 40.6. The number of nitrogens with two attached hydrogens (primary N) is 1. The molecule has 3 saturated heterocycles. The Balaban J connectivity index is 1.06. The van der Waals surface area contributed by atoms with Gasteiger partial charge in [0.25, 0.3) is 5.91 Å². The van der Waals surface area contributed by atoms with Gasteiger partial charge in [-0.15, -0.1) is 0 Å². The molecule has 1 aromatic heterocycles. The second-order valence-electron chi connectivity index (χ2n) is 13.1. The Morgan fingerprint density at radius 3 is 2.29 bits per heavy atom. The number of likely N-dealkylation sites (tertiary alicyclic amines) is 1. The van der Waals surface area contributed by atoms with Crippen LogP contribution in [-0.4, -0.2) is 65.4 Å². The van der Waals surface area contributed by atoms with Crippen molar-refractivity contribution in [3.05, 3.63) is 95.6 Å². The van der Waals surface area contributed by atoms with E-state index in [1.54, 1.807) is 4.90 Å². The van der Waals surface area contributed by atoms with Gasteiger partial charge in [-0.25, -0.2) is 22.9 Å². The molecule has 3 fully saturated rings.